The van der Waals surface area contributed by atoms with Crippen LogP contribution in [0.15, 0.2) is 22.6 Å². The van der Waals surface area contributed by atoms with Gasteiger partial charge in [-0.3, -0.25) is 4.79 Å². The van der Waals surface area contributed by atoms with Gasteiger partial charge >= 0.3 is 0 Å². The van der Waals surface area contributed by atoms with Gasteiger partial charge < -0.3 is 14.1 Å². The predicted octanol–water partition coefficient (Wildman–Crippen LogP) is 1.86. The number of carbonyl (C=O) groups excluding carboxylic acids is 1. The predicted molar refractivity (Wildman–Crippen MR) is 94.4 cm³/mol. The van der Waals surface area contributed by atoms with Gasteiger partial charge in [-0.15, -0.1) is 0 Å². The lowest BCUT2D eigenvalue weighted by Crippen LogP contribution is -2.37. The summed E-state index contributed by atoms with van der Waals surface area (Å²) in [7, 11) is -1.67. The molecule has 0 saturated carbocycles. The quantitative estimate of drug-likeness (QED) is 0.828. The second-order valence-electron chi connectivity index (χ2n) is 6.20. The van der Waals surface area contributed by atoms with Crippen molar-refractivity contribution in [2.75, 3.05) is 39.5 Å². The van der Waals surface area contributed by atoms with Gasteiger partial charge in [-0.05, 0) is 31.5 Å². The molecule has 1 saturated heterocycles. The van der Waals surface area contributed by atoms with Crippen LogP contribution >= 0.6 is 0 Å². The van der Waals surface area contributed by atoms with Crippen molar-refractivity contribution >= 4 is 26.9 Å². The van der Waals surface area contributed by atoms with Crippen LogP contribution in [0.25, 0.3) is 11.0 Å². The first kappa shape index (κ1) is 17.8. The number of furan rings is 1. The molecule has 2 aromatic rings. The molecule has 0 unspecified atom stereocenters. The van der Waals surface area contributed by atoms with Crippen molar-refractivity contribution in [3.63, 3.8) is 0 Å². The molecular weight excluding hydrogens is 344 g/mol. The smallest absolute Gasteiger partial charge is 0.258 e. The molecule has 136 valence electrons. The molecule has 0 radical (unpaired) electrons. The number of ether oxygens (including phenoxy) is 1. The van der Waals surface area contributed by atoms with Gasteiger partial charge in [0.2, 0.25) is 10.0 Å². The first-order chi connectivity index (χ1) is 11.8. The Labute approximate surface area is 147 Å². The summed E-state index contributed by atoms with van der Waals surface area (Å²) in [6.07, 6.45) is 1.81. The van der Waals surface area contributed by atoms with E-state index in [4.69, 9.17) is 9.15 Å². The van der Waals surface area contributed by atoms with E-state index < -0.39 is 10.0 Å². The average Bonchev–Trinajstić information content (AvgIpc) is 2.74. The van der Waals surface area contributed by atoms with Gasteiger partial charge in [-0.1, -0.05) is 0 Å². The highest BCUT2D eigenvalue weighted by Gasteiger charge is 2.27. The Bertz CT molecular complexity index is 903. The number of methoxy groups -OCH3 is 1. The number of aryl methyl sites for hydroxylation is 1. The van der Waals surface area contributed by atoms with E-state index >= 15 is 0 Å². The van der Waals surface area contributed by atoms with Crippen molar-refractivity contribution in [3.8, 4) is 5.75 Å². The fourth-order valence-electron chi connectivity index (χ4n) is 3.18. The summed E-state index contributed by atoms with van der Waals surface area (Å²) in [5, 5.41) is 0.714. The standard InChI is InChI=1S/C17H22N2O5S/c1-12-16(14-11-13(23-2)5-6-15(14)24-12)17(20)18-7-4-8-19(10-9-18)25(3,21)22/h5-6,11H,4,7-10H2,1-3H3. The van der Waals surface area contributed by atoms with Crippen molar-refractivity contribution in [2.24, 2.45) is 0 Å². The normalized spacial score (nSPS) is 16.8. The number of amides is 1. The molecular formula is C17H22N2O5S. The molecule has 0 atom stereocenters. The van der Waals surface area contributed by atoms with E-state index in [1.54, 1.807) is 37.1 Å². The summed E-state index contributed by atoms with van der Waals surface area (Å²) in [6.45, 7) is 3.38. The fourth-order valence-corrected chi connectivity index (χ4v) is 4.05. The Morgan fingerprint density at radius 1 is 1.20 bits per heavy atom. The second kappa shape index (κ2) is 6.68. The first-order valence-corrected chi connectivity index (χ1v) is 9.97. The van der Waals surface area contributed by atoms with Gasteiger partial charge in [0, 0.05) is 31.6 Å². The topological polar surface area (TPSA) is 80.1 Å². The molecule has 1 fully saturated rings. The van der Waals surface area contributed by atoms with E-state index in [0.29, 0.717) is 60.6 Å². The lowest BCUT2D eigenvalue weighted by molar-refractivity contribution is 0.0764. The number of fused-ring (bicyclic) bond motifs is 1. The number of nitrogens with zero attached hydrogens (tertiary/aromatic N) is 2. The molecule has 0 N–H and O–H groups in total. The summed E-state index contributed by atoms with van der Waals surface area (Å²) >= 11 is 0. The fraction of sp³-hybridized carbons (Fsp3) is 0.471. The summed E-state index contributed by atoms with van der Waals surface area (Å²) < 4.78 is 35.8. The molecule has 1 aliphatic heterocycles. The molecule has 1 aromatic heterocycles. The van der Waals surface area contributed by atoms with Crippen LogP contribution in [-0.2, 0) is 10.0 Å². The van der Waals surface area contributed by atoms with Gasteiger partial charge in [0.15, 0.2) is 0 Å². The zero-order valence-electron chi connectivity index (χ0n) is 14.6. The molecule has 0 spiro atoms. The molecule has 1 aliphatic rings. The number of sulfonamides is 1. The zero-order chi connectivity index (χ0) is 18.2. The third-order valence-electron chi connectivity index (χ3n) is 4.50. The molecule has 1 amide bonds. The Morgan fingerprint density at radius 3 is 2.64 bits per heavy atom. The van der Waals surface area contributed by atoms with E-state index in [2.05, 4.69) is 0 Å². The van der Waals surface area contributed by atoms with Crippen molar-refractivity contribution in [1.29, 1.82) is 0 Å². The molecule has 0 aliphatic carbocycles. The molecule has 0 bridgehead atoms. The Morgan fingerprint density at radius 2 is 1.96 bits per heavy atom. The van der Waals surface area contributed by atoms with Crippen molar-refractivity contribution in [3.05, 3.63) is 29.5 Å². The summed E-state index contributed by atoms with van der Waals surface area (Å²) in [4.78, 5) is 14.8. The van der Waals surface area contributed by atoms with E-state index in [9.17, 15) is 13.2 Å². The van der Waals surface area contributed by atoms with Gasteiger partial charge in [0.1, 0.15) is 17.1 Å². The van der Waals surface area contributed by atoms with Gasteiger partial charge in [-0.25, -0.2) is 12.7 Å². The molecule has 7 nitrogen and oxygen atoms in total. The average molecular weight is 366 g/mol. The Hall–Kier alpha value is -2.06. The number of carbonyl (C=O) groups is 1. The van der Waals surface area contributed by atoms with Crippen LogP contribution in [-0.4, -0.2) is 63.1 Å². The van der Waals surface area contributed by atoms with E-state index in [1.165, 1.54) is 10.6 Å². The second-order valence-corrected chi connectivity index (χ2v) is 8.19. The molecule has 3 rings (SSSR count). The molecule has 1 aromatic carbocycles. The highest BCUT2D eigenvalue weighted by Crippen LogP contribution is 2.30. The van der Waals surface area contributed by atoms with Crippen LogP contribution in [0.2, 0.25) is 0 Å². The minimum atomic E-state index is -3.24. The maximum Gasteiger partial charge on any atom is 0.258 e. The number of rotatable bonds is 3. The third-order valence-corrected chi connectivity index (χ3v) is 5.80. The van der Waals surface area contributed by atoms with Crippen molar-refractivity contribution in [1.82, 2.24) is 9.21 Å². The highest BCUT2D eigenvalue weighted by molar-refractivity contribution is 7.88. The minimum absolute atomic E-state index is 0.139. The maximum absolute atomic E-state index is 13.1. The van der Waals surface area contributed by atoms with E-state index in [0.717, 1.165) is 0 Å². The molecule has 2 heterocycles. The van der Waals surface area contributed by atoms with E-state index in [-0.39, 0.29) is 5.91 Å². The number of benzene rings is 1. The SMILES string of the molecule is COc1ccc2oc(C)c(C(=O)N3CCCN(S(C)(=O)=O)CC3)c2c1. The van der Waals surface area contributed by atoms with Gasteiger partial charge in [0.25, 0.3) is 5.91 Å². The maximum atomic E-state index is 13.1. The Kier molecular flexibility index (Phi) is 4.75. The van der Waals surface area contributed by atoms with Crippen molar-refractivity contribution in [2.45, 2.75) is 13.3 Å². The van der Waals surface area contributed by atoms with Crippen LogP contribution in [0.5, 0.6) is 5.75 Å². The van der Waals surface area contributed by atoms with Crippen LogP contribution in [0, 0.1) is 6.92 Å². The van der Waals surface area contributed by atoms with E-state index in [1.807, 2.05) is 0 Å². The van der Waals surface area contributed by atoms with Crippen LogP contribution in [0.1, 0.15) is 22.5 Å². The summed E-state index contributed by atoms with van der Waals surface area (Å²) in [6, 6.07) is 5.36. The zero-order valence-corrected chi connectivity index (χ0v) is 15.4. The van der Waals surface area contributed by atoms with Gasteiger partial charge in [-0.2, -0.15) is 0 Å². The monoisotopic (exact) mass is 366 g/mol. The van der Waals surface area contributed by atoms with Crippen LogP contribution < -0.4 is 4.74 Å². The number of hydrogen-bond donors (Lipinski definition) is 0. The van der Waals surface area contributed by atoms with Gasteiger partial charge in [0.05, 0.1) is 18.9 Å². The minimum Gasteiger partial charge on any atom is -0.497 e. The third kappa shape index (κ3) is 3.50. The number of hydrogen-bond acceptors (Lipinski definition) is 5. The largest absolute Gasteiger partial charge is 0.497 e. The Balaban J connectivity index is 1.90. The summed E-state index contributed by atoms with van der Waals surface area (Å²) in [5.41, 5.74) is 1.15. The lowest BCUT2D eigenvalue weighted by atomic mass is 10.1. The van der Waals surface area contributed by atoms with Crippen LogP contribution in [0.3, 0.4) is 0 Å². The molecule has 8 heteroatoms. The first-order valence-electron chi connectivity index (χ1n) is 8.13. The molecule has 25 heavy (non-hydrogen) atoms. The summed E-state index contributed by atoms with van der Waals surface area (Å²) in [5.74, 6) is 1.07. The van der Waals surface area contributed by atoms with Crippen LogP contribution in [0.4, 0.5) is 0 Å². The van der Waals surface area contributed by atoms with Crippen molar-refractivity contribution < 1.29 is 22.4 Å². The lowest BCUT2D eigenvalue weighted by Gasteiger charge is -2.21. The highest BCUT2D eigenvalue weighted by atomic mass is 32.2.